The van der Waals surface area contributed by atoms with Crippen molar-refractivity contribution >= 4 is 35.2 Å². The Morgan fingerprint density at radius 3 is 2.74 bits per heavy atom. The molecular weight excluding hydrogens is 318 g/mol. The van der Waals surface area contributed by atoms with Crippen molar-refractivity contribution in [1.82, 2.24) is 5.32 Å². The third kappa shape index (κ3) is 4.47. The number of nitrogens with one attached hydrogen (secondary N) is 1. The first kappa shape index (κ1) is 16.8. The topological polar surface area (TPSA) is 99.5 Å². The summed E-state index contributed by atoms with van der Waals surface area (Å²) in [4.78, 5) is 36.0. The average Bonchev–Trinajstić information content (AvgIpc) is 2.92. The molecule has 1 saturated heterocycles. The molecule has 0 aromatic heterocycles. The molecule has 1 aliphatic heterocycles. The number of ketones is 1. The molecule has 1 aromatic rings. The van der Waals surface area contributed by atoms with Gasteiger partial charge in [0.2, 0.25) is 5.91 Å². The van der Waals surface area contributed by atoms with Crippen molar-refractivity contribution in [2.24, 2.45) is 0 Å². The SMILES string of the molecule is CC(=O)c1ccc(N2C[C@H](CNC(=O)CSC#N)OC2=O)cc1. The van der Waals surface area contributed by atoms with Crippen molar-refractivity contribution in [3.05, 3.63) is 29.8 Å². The number of amides is 2. The first-order chi connectivity index (χ1) is 11.0. The summed E-state index contributed by atoms with van der Waals surface area (Å²) in [6.45, 7) is 1.98. The van der Waals surface area contributed by atoms with Gasteiger partial charge >= 0.3 is 6.09 Å². The maximum Gasteiger partial charge on any atom is 0.414 e. The van der Waals surface area contributed by atoms with Crippen LogP contribution in [0.4, 0.5) is 10.5 Å². The van der Waals surface area contributed by atoms with Crippen LogP contribution in [0, 0.1) is 10.7 Å². The zero-order valence-corrected chi connectivity index (χ0v) is 13.3. The molecule has 1 aromatic carbocycles. The van der Waals surface area contributed by atoms with Crippen molar-refractivity contribution in [3.8, 4) is 5.40 Å². The third-order valence-electron chi connectivity index (χ3n) is 3.25. The van der Waals surface area contributed by atoms with E-state index in [-0.39, 0.29) is 24.0 Å². The normalized spacial score (nSPS) is 16.6. The minimum absolute atomic E-state index is 0.0450. The molecule has 1 heterocycles. The number of benzene rings is 1. The summed E-state index contributed by atoms with van der Waals surface area (Å²) in [7, 11) is 0. The van der Waals surface area contributed by atoms with Crippen molar-refractivity contribution in [2.45, 2.75) is 13.0 Å². The van der Waals surface area contributed by atoms with E-state index < -0.39 is 12.2 Å². The largest absolute Gasteiger partial charge is 0.442 e. The van der Waals surface area contributed by atoms with Gasteiger partial charge in [-0.25, -0.2) is 4.79 Å². The van der Waals surface area contributed by atoms with Crippen LogP contribution in [0.3, 0.4) is 0 Å². The predicted octanol–water partition coefficient (Wildman–Crippen LogP) is 1.54. The summed E-state index contributed by atoms with van der Waals surface area (Å²) in [5.41, 5.74) is 1.20. The molecule has 1 fully saturated rings. The van der Waals surface area contributed by atoms with E-state index in [1.54, 1.807) is 24.3 Å². The molecule has 1 atom stereocenters. The Kier molecular flexibility index (Phi) is 5.60. The number of thioether (sulfide) groups is 1. The Bertz CT molecular complexity index is 654. The second kappa shape index (κ2) is 7.65. The van der Waals surface area contributed by atoms with Crippen molar-refractivity contribution in [2.75, 3.05) is 23.7 Å². The van der Waals surface area contributed by atoms with Crippen LogP contribution in [0.2, 0.25) is 0 Å². The van der Waals surface area contributed by atoms with E-state index in [0.717, 1.165) is 11.8 Å². The lowest BCUT2D eigenvalue weighted by atomic mass is 10.1. The first-order valence-electron chi connectivity index (χ1n) is 6.88. The van der Waals surface area contributed by atoms with Crippen LogP contribution in [-0.4, -0.2) is 42.7 Å². The van der Waals surface area contributed by atoms with E-state index in [0.29, 0.717) is 17.8 Å². The molecule has 0 unspecified atom stereocenters. The average molecular weight is 333 g/mol. The Labute approximate surface area is 137 Å². The number of rotatable bonds is 6. The van der Waals surface area contributed by atoms with Gasteiger partial charge in [-0.1, -0.05) is 0 Å². The summed E-state index contributed by atoms with van der Waals surface area (Å²) in [5.74, 6) is -0.277. The van der Waals surface area contributed by atoms with E-state index in [4.69, 9.17) is 10.00 Å². The van der Waals surface area contributed by atoms with E-state index in [9.17, 15) is 14.4 Å². The van der Waals surface area contributed by atoms with Gasteiger partial charge < -0.3 is 10.1 Å². The number of anilines is 1. The Morgan fingerprint density at radius 1 is 1.43 bits per heavy atom. The standard InChI is InChI=1S/C15H15N3O4S/c1-10(19)11-2-4-12(5-3-11)18-7-13(22-15(18)21)6-17-14(20)8-23-9-16/h2-5,13H,6-8H2,1H3,(H,17,20)/t13-/m0/s1. The number of hydrogen-bond acceptors (Lipinski definition) is 6. The van der Waals surface area contributed by atoms with Crippen LogP contribution in [0.25, 0.3) is 0 Å². The maximum absolute atomic E-state index is 11.9. The van der Waals surface area contributed by atoms with Crippen molar-refractivity contribution in [3.63, 3.8) is 0 Å². The fourth-order valence-electron chi connectivity index (χ4n) is 2.09. The van der Waals surface area contributed by atoms with Gasteiger partial charge in [0.05, 0.1) is 18.8 Å². The van der Waals surface area contributed by atoms with E-state index >= 15 is 0 Å². The highest BCUT2D eigenvalue weighted by Gasteiger charge is 2.32. The molecule has 0 radical (unpaired) electrons. The van der Waals surface area contributed by atoms with Gasteiger partial charge in [0.15, 0.2) is 5.78 Å². The molecule has 23 heavy (non-hydrogen) atoms. The molecular formula is C15H15N3O4S. The van der Waals surface area contributed by atoms with Crippen LogP contribution < -0.4 is 10.2 Å². The van der Waals surface area contributed by atoms with Crippen LogP contribution >= 0.6 is 11.8 Å². The predicted molar refractivity (Wildman–Crippen MR) is 85.1 cm³/mol. The number of carbonyl (C=O) groups is 3. The number of ether oxygens (including phenoxy) is 1. The molecule has 8 heteroatoms. The number of cyclic esters (lactones) is 1. The quantitative estimate of drug-likeness (QED) is 0.626. The summed E-state index contributed by atoms with van der Waals surface area (Å²) in [6, 6.07) is 6.67. The van der Waals surface area contributed by atoms with E-state index in [1.807, 2.05) is 5.40 Å². The van der Waals surface area contributed by atoms with Crippen LogP contribution in [-0.2, 0) is 9.53 Å². The highest BCUT2D eigenvalue weighted by atomic mass is 32.2. The Balaban J connectivity index is 1.91. The lowest BCUT2D eigenvalue weighted by molar-refractivity contribution is -0.118. The van der Waals surface area contributed by atoms with E-state index in [2.05, 4.69) is 5.32 Å². The number of nitriles is 1. The molecule has 120 valence electrons. The minimum Gasteiger partial charge on any atom is -0.442 e. The summed E-state index contributed by atoms with van der Waals surface area (Å²) >= 11 is 0.848. The lowest BCUT2D eigenvalue weighted by Gasteiger charge is -2.13. The number of thiocyanates is 1. The fourth-order valence-corrected chi connectivity index (χ4v) is 2.39. The van der Waals surface area contributed by atoms with E-state index in [1.165, 1.54) is 11.8 Å². The van der Waals surface area contributed by atoms with Gasteiger partial charge in [-0.2, -0.15) is 5.26 Å². The van der Waals surface area contributed by atoms with Gasteiger partial charge in [0.1, 0.15) is 11.5 Å². The fraction of sp³-hybridized carbons (Fsp3) is 0.333. The van der Waals surface area contributed by atoms with Gasteiger partial charge in [-0.15, -0.1) is 0 Å². The monoisotopic (exact) mass is 333 g/mol. The molecule has 7 nitrogen and oxygen atoms in total. The number of hydrogen-bond donors (Lipinski definition) is 1. The van der Waals surface area contributed by atoms with Crippen LogP contribution in [0.5, 0.6) is 0 Å². The highest BCUT2D eigenvalue weighted by molar-refractivity contribution is 8.04. The first-order valence-corrected chi connectivity index (χ1v) is 7.86. The van der Waals surface area contributed by atoms with Crippen LogP contribution in [0.1, 0.15) is 17.3 Å². The minimum atomic E-state index is -0.494. The van der Waals surface area contributed by atoms with Crippen molar-refractivity contribution in [1.29, 1.82) is 5.26 Å². The molecule has 0 aliphatic carbocycles. The third-order valence-corrected chi connectivity index (χ3v) is 3.79. The zero-order valence-electron chi connectivity index (χ0n) is 12.4. The highest BCUT2D eigenvalue weighted by Crippen LogP contribution is 2.22. The molecule has 2 rings (SSSR count). The smallest absolute Gasteiger partial charge is 0.414 e. The molecule has 1 N–H and O–H groups in total. The zero-order chi connectivity index (χ0) is 16.8. The van der Waals surface area contributed by atoms with Gasteiger partial charge in [-0.3, -0.25) is 14.5 Å². The van der Waals surface area contributed by atoms with Gasteiger partial charge in [-0.05, 0) is 43.0 Å². The number of nitrogens with zero attached hydrogens (tertiary/aromatic N) is 2. The van der Waals surface area contributed by atoms with Gasteiger partial charge in [0.25, 0.3) is 0 Å². The molecule has 0 saturated carbocycles. The molecule has 0 spiro atoms. The second-order valence-electron chi connectivity index (χ2n) is 4.90. The molecule has 1 aliphatic rings. The molecule has 0 bridgehead atoms. The summed E-state index contributed by atoms with van der Waals surface area (Å²) < 4.78 is 5.19. The molecule has 2 amide bonds. The van der Waals surface area contributed by atoms with Crippen LogP contribution in [0.15, 0.2) is 24.3 Å². The van der Waals surface area contributed by atoms with Gasteiger partial charge in [0, 0.05) is 11.3 Å². The number of Topliss-reactive ketones (excluding diaryl/α,β-unsaturated/α-hetero) is 1. The Hall–Kier alpha value is -2.53. The summed E-state index contributed by atoms with van der Waals surface area (Å²) in [5, 5.41) is 12.8. The summed E-state index contributed by atoms with van der Waals surface area (Å²) in [6.07, 6.45) is -0.947. The number of carbonyl (C=O) groups excluding carboxylic acids is 3. The Morgan fingerprint density at radius 2 is 2.13 bits per heavy atom. The second-order valence-corrected chi connectivity index (χ2v) is 5.66. The lowest BCUT2D eigenvalue weighted by Crippen LogP contribution is -2.35. The van der Waals surface area contributed by atoms with Crippen molar-refractivity contribution < 1.29 is 19.1 Å². The maximum atomic E-state index is 11.9.